The van der Waals surface area contributed by atoms with E-state index in [1.54, 1.807) is 0 Å². The molecule has 0 bridgehead atoms. The molecule has 0 radical (unpaired) electrons. The smallest absolute Gasteiger partial charge is 0.195 e. The predicted octanol–water partition coefficient (Wildman–Crippen LogP) is 5.17. The van der Waals surface area contributed by atoms with Gasteiger partial charge in [0, 0.05) is 12.0 Å². The van der Waals surface area contributed by atoms with Crippen molar-refractivity contribution >= 4 is 12.2 Å². The Kier molecular flexibility index (Phi) is 3.74. The van der Waals surface area contributed by atoms with Crippen LogP contribution in [-0.4, -0.2) is 0 Å². The number of benzene rings is 1. The summed E-state index contributed by atoms with van der Waals surface area (Å²) in [6, 6.07) is 9.51. The zero-order chi connectivity index (χ0) is 15.9. The lowest BCUT2D eigenvalue weighted by molar-refractivity contribution is -0.714. The van der Waals surface area contributed by atoms with Crippen LogP contribution in [0.4, 0.5) is 0 Å². The van der Waals surface area contributed by atoms with Gasteiger partial charge in [0.05, 0.1) is 11.1 Å². The van der Waals surface area contributed by atoms with Crippen LogP contribution in [0.1, 0.15) is 55.0 Å². The maximum Gasteiger partial charge on any atom is 0.220 e. The number of aryl methyl sites for hydroxylation is 1. The molecule has 2 atom stereocenters. The molecule has 2 aromatic rings. The molecule has 0 N–H and O–H groups in total. The molecule has 1 aromatic carbocycles. The van der Waals surface area contributed by atoms with Crippen LogP contribution in [0.3, 0.4) is 0 Å². The third-order valence-electron chi connectivity index (χ3n) is 5.10. The Balaban J connectivity index is 2.40. The van der Waals surface area contributed by atoms with Gasteiger partial charge in [-0.1, -0.05) is 51.3 Å². The zero-order valence-electron chi connectivity index (χ0n) is 13.8. The molecule has 0 saturated carbocycles. The van der Waals surface area contributed by atoms with E-state index < -0.39 is 0 Å². The van der Waals surface area contributed by atoms with Crippen LogP contribution in [0.15, 0.2) is 43.6 Å². The molecule has 3 rings (SSSR count). The van der Waals surface area contributed by atoms with Crippen LogP contribution in [0.25, 0.3) is 23.4 Å². The lowest BCUT2D eigenvalue weighted by Crippen LogP contribution is -2.46. The average Bonchev–Trinajstić information content (AvgIpc) is 2.57. The van der Waals surface area contributed by atoms with E-state index in [-0.39, 0.29) is 0 Å². The van der Waals surface area contributed by atoms with Gasteiger partial charge in [-0.3, -0.25) is 0 Å². The van der Waals surface area contributed by atoms with E-state index in [1.165, 1.54) is 27.9 Å². The van der Waals surface area contributed by atoms with E-state index in [2.05, 4.69) is 69.0 Å². The number of rotatable bonds is 3. The van der Waals surface area contributed by atoms with Gasteiger partial charge < -0.3 is 0 Å². The molecule has 0 spiro atoms. The quantitative estimate of drug-likeness (QED) is 0.687. The predicted molar refractivity (Wildman–Crippen MR) is 94.8 cm³/mol. The minimum absolute atomic E-state index is 0.438. The summed E-state index contributed by atoms with van der Waals surface area (Å²) in [7, 11) is 0. The van der Waals surface area contributed by atoms with E-state index in [1.807, 2.05) is 12.2 Å². The summed E-state index contributed by atoms with van der Waals surface area (Å²) in [5.41, 5.74) is 7.79. The topological polar surface area (TPSA) is 3.88 Å². The van der Waals surface area contributed by atoms with Gasteiger partial charge >= 0.3 is 0 Å². The Bertz CT molecular complexity index is 755. The monoisotopic (exact) mass is 290 g/mol. The lowest BCUT2D eigenvalue weighted by atomic mass is 9.82. The molecule has 2 unspecified atom stereocenters. The third kappa shape index (κ3) is 2.04. The number of fused-ring (bicyclic) bond motifs is 3. The summed E-state index contributed by atoms with van der Waals surface area (Å²) in [6.45, 7) is 14.8. The number of pyridine rings is 1. The maximum absolute atomic E-state index is 4.05. The molecular formula is C21H24N+. The molecular weight excluding hydrogens is 266 g/mol. The summed E-state index contributed by atoms with van der Waals surface area (Å²) in [5, 5.41) is 0. The second-order valence-electron chi connectivity index (χ2n) is 6.15. The Hall–Kier alpha value is -2.15. The highest BCUT2D eigenvalue weighted by molar-refractivity contribution is 5.78. The molecule has 22 heavy (non-hydrogen) atoms. The van der Waals surface area contributed by atoms with Gasteiger partial charge in [0.25, 0.3) is 0 Å². The van der Waals surface area contributed by atoms with Crippen molar-refractivity contribution in [2.75, 3.05) is 0 Å². The van der Waals surface area contributed by atoms with Gasteiger partial charge in [0.1, 0.15) is 0 Å². The number of nitrogens with zero attached hydrogens (tertiary/aromatic N) is 1. The van der Waals surface area contributed by atoms with Crippen molar-refractivity contribution in [3.05, 3.63) is 65.9 Å². The highest BCUT2D eigenvalue weighted by Crippen LogP contribution is 2.40. The van der Waals surface area contributed by atoms with Crippen LogP contribution >= 0.6 is 0 Å². The molecule has 1 heteroatoms. The second kappa shape index (κ2) is 5.57. The summed E-state index contributed by atoms with van der Waals surface area (Å²) in [6.07, 6.45) is 7.14. The molecule has 1 nitrogen and oxygen atoms in total. The van der Waals surface area contributed by atoms with Crippen molar-refractivity contribution in [3.8, 4) is 11.3 Å². The van der Waals surface area contributed by atoms with Crippen molar-refractivity contribution in [2.24, 2.45) is 0 Å². The Labute approximate surface area is 133 Å². The fourth-order valence-electron chi connectivity index (χ4n) is 3.54. The minimum atomic E-state index is 0.438. The third-order valence-corrected chi connectivity index (χ3v) is 5.10. The first-order valence-electron chi connectivity index (χ1n) is 8.08. The average molecular weight is 290 g/mol. The number of aromatic nitrogens is 1. The molecule has 0 amide bonds. The van der Waals surface area contributed by atoms with Gasteiger partial charge in [0.15, 0.2) is 12.2 Å². The maximum atomic E-state index is 4.05. The zero-order valence-corrected chi connectivity index (χ0v) is 13.8. The number of hydrogen-bond acceptors (Lipinski definition) is 0. The summed E-state index contributed by atoms with van der Waals surface area (Å²) >= 11 is 0. The van der Waals surface area contributed by atoms with Crippen LogP contribution in [0.2, 0.25) is 0 Å². The highest BCUT2D eigenvalue weighted by Gasteiger charge is 2.36. The van der Waals surface area contributed by atoms with Crippen molar-refractivity contribution in [2.45, 2.75) is 39.2 Å². The van der Waals surface area contributed by atoms with Gasteiger partial charge in [-0.25, -0.2) is 0 Å². The molecule has 2 heterocycles. The molecule has 0 saturated heterocycles. The summed E-state index contributed by atoms with van der Waals surface area (Å²) in [4.78, 5) is 0. The van der Waals surface area contributed by atoms with Crippen molar-refractivity contribution < 1.29 is 4.57 Å². The van der Waals surface area contributed by atoms with Crippen molar-refractivity contribution in [1.29, 1.82) is 0 Å². The van der Waals surface area contributed by atoms with Crippen molar-refractivity contribution in [1.82, 2.24) is 0 Å². The van der Waals surface area contributed by atoms with Crippen LogP contribution in [-0.2, 0) is 6.42 Å². The normalized spacial score (nSPS) is 19.2. The Morgan fingerprint density at radius 2 is 1.91 bits per heavy atom. The number of hydrogen-bond donors (Lipinski definition) is 0. The summed E-state index contributed by atoms with van der Waals surface area (Å²) < 4.78 is 2.40. The van der Waals surface area contributed by atoms with E-state index in [9.17, 15) is 0 Å². The molecule has 1 aromatic heterocycles. The van der Waals surface area contributed by atoms with Gasteiger partial charge in [-0.05, 0) is 36.1 Å². The van der Waals surface area contributed by atoms with E-state index in [4.69, 9.17) is 0 Å². The van der Waals surface area contributed by atoms with Gasteiger partial charge in [-0.15, -0.1) is 0 Å². The van der Waals surface area contributed by atoms with E-state index in [0.29, 0.717) is 12.0 Å². The van der Waals surface area contributed by atoms with E-state index >= 15 is 0 Å². The minimum Gasteiger partial charge on any atom is -0.195 e. The first kappa shape index (κ1) is 14.8. The lowest BCUT2D eigenvalue weighted by Gasteiger charge is -2.27. The largest absolute Gasteiger partial charge is 0.220 e. The Morgan fingerprint density at radius 1 is 1.14 bits per heavy atom. The fraction of sp³-hybridized carbons (Fsp3) is 0.286. The molecule has 0 aliphatic carbocycles. The summed E-state index contributed by atoms with van der Waals surface area (Å²) in [5.74, 6) is 0.505. The molecule has 1 aliphatic heterocycles. The molecule has 1 aliphatic rings. The second-order valence-corrected chi connectivity index (χ2v) is 6.15. The first-order chi connectivity index (χ1) is 10.6. The molecule has 0 fully saturated rings. The SMILES string of the molecule is C=Cc1cc[n+]2c(c1C=C)-c1cc(CC)ccc1C(C)C2C. The van der Waals surface area contributed by atoms with E-state index in [0.717, 1.165) is 12.0 Å². The van der Waals surface area contributed by atoms with Crippen molar-refractivity contribution in [3.63, 3.8) is 0 Å². The first-order valence-corrected chi connectivity index (χ1v) is 8.08. The molecule has 112 valence electrons. The Morgan fingerprint density at radius 3 is 2.55 bits per heavy atom. The van der Waals surface area contributed by atoms with Gasteiger partial charge in [-0.2, -0.15) is 4.57 Å². The van der Waals surface area contributed by atoms with Crippen LogP contribution < -0.4 is 4.57 Å². The van der Waals surface area contributed by atoms with Crippen LogP contribution in [0, 0.1) is 0 Å². The van der Waals surface area contributed by atoms with Gasteiger partial charge in [0.2, 0.25) is 5.69 Å². The standard InChI is InChI=1S/C21H24N/c1-6-16-9-10-19-14(4)15(5)22-12-11-17(7-2)18(8-3)21(22)20(19)13-16/h7-15H,2-3,6H2,1,4-5H3/q+1. The van der Waals surface area contributed by atoms with Crippen LogP contribution in [0.5, 0.6) is 0 Å². The fourth-order valence-corrected chi connectivity index (χ4v) is 3.54. The highest BCUT2D eigenvalue weighted by atomic mass is 15.0.